The summed E-state index contributed by atoms with van der Waals surface area (Å²) in [5.74, 6) is -0.143. The van der Waals surface area contributed by atoms with Gasteiger partial charge in [0.15, 0.2) is 5.78 Å². The number of nitrogens with one attached hydrogen (secondary N) is 1. The second-order valence-electron chi connectivity index (χ2n) is 5.62. The number of morpholine rings is 1. The van der Waals surface area contributed by atoms with E-state index in [9.17, 15) is 4.79 Å². The van der Waals surface area contributed by atoms with Gasteiger partial charge in [-0.1, -0.05) is 23.2 Å². The van der Waals surface area contributed by atoms with Crippen LogP contribution < -0.4 is 10.2 Å². The SMILES string of the molecule is O=C(C=CNc1ccc(N2CCOCC2)cc1)c1ccc(Cl)c(Cl)c1. The van der Waals surface area contributed by atoms with Crippen LogP contribution in [0.5, 0.6) is 0 Å². The zero-order chi connectivity index (χ0) is 17.6. The number of carbonyl (C=O) groups excluding carboxylic acids is 1. The third-order valence-electron chi connectivity index (χ3n) is 3.93. The van der Waals surface area contributed by atoms with Gasteiger partial charge in [0.2, 0.25) is 0 Å². The Labute approximate surface area is 157 Å². The van der Waals surface area contributed by atoms with Crippen molar-refractivity contribution in [1.29, 1.82) is 0 Å². The van der Waals surface area contributed by atoms with E-state index < -0.39 is 0 Å². The number of hydrogen-bond acceptors (Lipinski definition) is 4. The Bertz CT molecular complexity index is 769. The molecule has 0 spiro atoms. The van der Waals surface area contributed by atoms with Gasteiger partial charge in [0.25, 0.3) is 0 Å². The molecule has 1 saturated heterocycles. The third kappa shape index (κ3) is 4.75. The topological polar surface area (TPSA) is 41.6 Å². The van der Waals surface area contributed by atoms with E-state index in [1.165, 1.54) is 11.8 Å². The van der Waals surface area contributed by atoms with E-state index in [0.717, 1.165) is 32.0 Å². The summed E-state index contributed by atoms with van der Waals surface area (Å²) in [4.78, 5) is 14.4. The van der Waals surface area contributed by atoms with Gasteiger partial charge in [-0.15, -0.1) is 0 Å². The minimum absolute atomic E-state index is 0.143. The average Bonchev–Trinajstić information content (AvgIpc) is 2.65. The molecule has 2 aromatic rings. The molecule has 1 aliphatic rings. The molecular formula is C19H18Cl2N2O2. The second-order valence-corrected chi connectivity index (χ2v) is 6.43. The normalized spacial score (nSPS) is 14.7. The first-order chi connectivity index (χ1) is 12.1. The number of allylic oxidation sites excluding steroid dienone is 1. The van der Waals surface area contributed by atoms with Crippen molar-refractivity contribution >= 4 is 40.4 Å². The predicted octanol–water partition coefficient (Wildman–Crippen LogP) is 4.64. The first-order valence-corrected chi connectivity index (χ1v) is 8.74. The molecule has 0 aromatic heterocycles. The molecule has 3 rings (SSSR count). The summed E-state index contributed by atoms with van der Waals surface area (Å²) in [6.07, 6.45) is 3.09. The molecule has 1 fully saturated rings. The van der Waals surface area contributed by atoms with Gasteiger partial charge < -0.3 is 15.0 Å². The Morgan fingerprint density at radius 3 is 2.44 bits per heavy atom. The summed E-state index contributed by atoms with van der Waals surface area (Å²) >= 11 is 11.8. The Kier molecular flexibility index (Phi) is 5.97. The van der Waals surface area contributed by atoms with Crippen molar-refractivity contribution < 1.29 is 9.53 Å². The van der Waals surface area contributed by atoms with Gasteiger partial charge in [0.05, 0.1) is 23.3 Å². The number of halogens is 2. The minimum atomic E-state index is -0.143. The minimum Gasteiger partial charge on any atom is -0.378 e. The number of ether oxygens (including phenoxy) is 1. The Morgan fingerprint density at radius 1 is 1.04 bits per heavy atom. The maximum absolute atomic E-state index is 12.1. The van der Waals surface area contributed by atoms with Gasteiger partial charge in [-0.25, -0.2) is 0 Å². The highest BCUT2D eigenvalue weighted by molar-refractivity contribution is 6.42. The van der Waals surface area contributed by atoms with Crippen molar-refractivity contribution in [3.63, 3.8) is 0 Å². The Hall–Kier alpha value is -2.01. The van der Waals surface area contributed by atoms with Crippen molar-refractivity contribution in [2.24, 2.45) is 0 Å². The van der Waals surface area contributed by atoms with Crippen molar-refractivity contribution in [2.75, 3.05) is 36.5 Å². The molecule has 4 nitrogen and oxygen atoms in total. The summed E-state index contributed by atoms with van der Waals surface area (Å²) in [5.41, 5.74) is 2.58. The largest absolute Gasteiger partial charge is 0.378 e. The maximum atomic E-state index is 12.1. The Balaban J connectivity index is 1.57. The summed E-state index contributed by atoms with van der Waals surface area (Å²) < 4.78 is 5.36. The average molecular weight is 377 g/mol. The van der Waals surface area contributed by atoms with Crippen LogP contribution in [-0.4, -0.2) is 32.1 Å². The molecule has 0 atom stereocenters. The number of hydrogen-bond donors (Lipinski definition) is 1. The Morgan fingerprint density at radius 2 is 1.76 bits per heavy atom. The molecule has 0 bridgehead atoms. The van der Waals surface area contributed by atoms with Crippen LogP contribution in [0.25, 0.3) is 0 Å². The number of rotatable bonds is 5. The van der Waals surface area contributed by atoms with Crippen LogP contribution in [0.1, 0.15) is 10.4 Å². The molecule has 0 amide bonds. The van der Waals surface area contributed by atoms with Gasteiger partial charge in [-0.05, 0) is 42.5 Å². The fourth-order valence-corrected chi connectivity index (χ4v) is 2.85. The fourth-order valence-electron chi connectivity index (χ4n) is 2.55. The van der Waals surface area contributed by atoms with Crippen LogP contribution in [0.2, 0.25) is 10.0 Å². The van der Waals surface area contributed by atoms with E-state index in [1.54, 1.807) is 24.4 Å². The summed E-state index contributed by atoms with van der Waals surface area (Å²) in [6.45, 7) is 3.34. The molecule has 0 saturated carbocycles. The predicted molar refractivity (Wildman–Crippen MR) is 103 cm³/mol. The molecule has 1 heterocycles. The highest BCUT2D eigenvalue weighted by atomic mass is 35.5. The van der Waals surface area contributed by atoms with Crippen molar-refractivity contribution in [2.45, 2.75) is 0 Å². The molecular weight excluding hydrogens is 359 g/mol. The monoisotopic (exact) mass is 376 g/mol. The van der Waals surface area contributed by atoms with E-state index in [-0.39, 0.29) is 5.78 Å². The molecule has 2 aromatic carbocycles. The van der Waals surface area contributed by atoms with Crippen LogP contribution in [-0.2, 0) is 4.74 Å². The first-order valence-electron chi connectivity index (χ1n) is 7.99. The second kappa shape index (κ2) is 8.39. The molecule has 0 unspecified atom stereocenters. The maximum Gasteiger partial charge on any atom is 0.187 e. The quantitative estimate of drug-likeness (QED) is 0.609. The molecule has 130 valence electrons. The van der Waals surface area contributed by atoms with Crippen molar-refractivity contribution in [3.05, 3.63) is 70.3 Å². The molecule has 1 aliphatic heterocycles. The number of benzene rings is 2. The van der Waals surface area contributed by atoms with E-state index >= 15 is 0 Å². The van der Waals surface area contributed by atoms with Crippen LogP contribution in [0.4, 0.5) is 11.4 Å². The van der Waals surface area contributed by atoms with E-state index in [0.29, 0.717) is 15.6 Å². The van der Waals surface area contributed by atoms with Crippen LogP contribution in [0.15, 0.2) is 54.7 Å². The molecule has 6 heteroatoms. The zero-order valence-corrected chi connectivity index (χ0v) is 15.1. The fraction of sp³-hybridized carbons (Fsp3) is 0.211. The number of ketones is 1. The van der Waals surface area contributed by atoms with Crippen molar-refractivity contribution in [3.8, 4) is 0 Å². The lowest BCUT2D eigenvalue weighted by atomic mass is 10.1. The van der Waals surface area contributed by atoms with Gasteiger partial charge >= 0.3 is 0 Å². The summed E-state index contributed by atoms with van der Waals surface area (Å²) in [7, 11) is 0. The van der Waals surface area contributed by atoms with Gasteiger partial charge in [-0.2, -0.15) is 0 Å². The van der Waals surface area contributed by atoms with E-state index in [1.807, 2.05) is 12.1 Å². The number of carbonyl (C=O) groups is 1. The van der Waals surface area contributed by atoms with E-state index in [2.05, 4.69) is 22.3 Å². The summed E-state index contributed by atoms with van der Waals surface area (Å²) in [5, 5.41) is 3.90. The zero-order valence-electron chi connectivity index (χ0n) is 13.5. The van der Waals surface area contributed by atoms with Gasteiger partial charge in [0.1, 0.15) is 0 Å². The van der Waals surface area contributed by atoms with Gasteiger partial charge in [-0.3, -0.25) is 4.79 Å². The highest BCUT2D eigenvalue weighted by Crippen LogP contribution is 2.23. The van der Waals surface area contributed by atoms with Crippen LogP contribution >= 0.6 is 23.2 Å². The standard InChI is InChI=1S/C19H18Cl2N2O2/c20-17-6-1-14(13-18(17)21)19(24)7-8-22-15-2-4-16(5-3-15)23-9-11-25-12-10-23/h1-8,13,22H,9-12H2. The summed E-state index contributed by atoms with van der Waals surface area (Å²) in [6, 6.07) is 12.9. The first kappa shape index (κ1) is 17.8. The molecule has 0 radical (unpaired) electrons. The number of nitrogens with zero attached hydrogens (tertiary/aromatic N) is 1. The number of anilines is 2. The van der Waals surface area contributed by atoms with Crippen LogP contribution in [0.3, 0.4) is 0 Å². The highest BCUT2D eigenvalue weighted by Gasteiger charge is 2.10. The lowest BCUT2D eigenvalue weighted by Gasteiger charge is -2.28. The third-order valence-corrected chi connectivity index (χ3v) is 4.67. The lowest BCUT2D eigenvalue weighted by Crippen LogP contribution is -2.36. The molecule has 1 N–H and O–H groups in total. The molecule has 0 aliphatic carbocycles. The van der Waals surface area contributed by atoms with Crippen LogP contribution in [0, 0.1) is 0 Å². The van der Waals surface area contributed by atoms with Gasteiger partial charge in [0, 0.05) is 42.3 Å². The molecule has 25 heavy (non-hydrogen) atoms. The smallest absolute Gasteiger partial charge is 0.187 e. The van der Waals surface area contributed by atoms with Crippen molar-refractivity contribution in [1.82, 2.24) is 0 Å². The lowest BCUT2D eigenvalue weighted by molar-refractivity contribution is 0.104. The van der Waals surface area contributed by atoms with E-state index in [4.69, 9.17) is 27.9 Å².